The molecule has 2 atom stereocenters. The number of fused-ring (bicyclic) bond motifs is 2. The minimum absolute atomic E-state index is 0.0497. The number of methoxy groups -OCH3 is 1. The van der Waals surface area contributed by atoms with Gasteiger partial charge in [0.2, 0.25) is 0 Å². The van der Waals surface area contributed by atoms with Crippen molar-refractivity contribution in [2.24, 2.45) is 0 Å². The molecule has 34 heavy (non-hydrogen) atoms. The first-order valence-corrected chi connectivity index (χ1v) is 11.8. The molecule has 0 fully saturated rings. The quantitative estimate of drug-likeness (QED) is 0.309. The molecule has 5 rings (SSSR count). The number of hydrogen-bond donors (Lipinski definition) is 1. The topological polar surface area (TPSA) is 80.0 Å². The minimum atomic E-state index is -0.455. The predicted molar refractivity (Wildman–Crippen MR) is 128 cm³/mol. The Hall–Kier alpha value is -3.26. The van der Waals surface area contributed by atoms with Crippen LogP contribution in [0.15, 0.2) is 53.0 Å². The van der Waals surface area contributed by atoms with Crippen LogP contribution in [0.25, 0.3) is 0 Å². The summed E-state index contributed by atoms with van der Waals surface area (Å²) in [5.74, 6) is 1.67. The van der Waals surface area contributed by atoms with Gasteiger partial charge in [0.05, 0.1) is 25.8 Å². The molecule has 0 saturated heterocycles. The van der Waals surface area contributed by atoms with Gasteiger partial charge in [0.25, 0.3) is 0 Å². The Bertz CT molecular complexity index is 1260. The fourth-order valence-corrected chi connectivity index (χ4v) is 4.86. The van der Waals surface area contributed by atoms with Crippen molar-refractivity contribution >= 4 is 27.6 Å². The van der Waals surface area contributed by atoms with Crippen molar-refractivity contribution in [2.45, 2.75) is 31.3 Å². The van der Waals surface area contributed by atoms with Crippen molar-refractivity contribution < 1.29 is 28.1 Å². The van der Waals surface area contributed by atoms with Crippen LogP contribution < -0.4 is 19.9 Å². The lowest BCUT2D eigenvalue weighted by Gasteiger charge is -2.18. The molecule has 1 aliphatic heterocycles. The average Bonchev–Trinajstić information content (AvgIpc) is 3.43. The molecule has 6 nitrogen and oxygen atoms in total. The number of halogens is 2. The molecule has 1 heterocycles. The molecular weight excluding hydrogens is 505 g/mol. The van der Waals surface area contributed by atoms with Gasteiger partial charge in [-0.15, -0.1) is 0 Å². The Morgan fingerprint density at radius 3 is 2.85 bits per heavy atom. The van der Waals surface area contributed by atoms with Crippen LogP contribution in [0.3, 0.4) is 0 Å². The van der Waals surface area contributed by atoms with Crippen LogP contribution in [0.5, 0.6) is 23.0 Å². The second-order valence-corrected chi connectivity index (χ2v) is 9.27. The molecule has 2 N–H and O–H groups in total. The van der Waals surface area contributed by atoms with Gasteiger partial charge < -0.3 is 24.7 Å². The molecule has 0 bridgehead atoms. The summed E-state index contributed by atoms with van der Waals surface area (Å²) < 4.78 is 38.5. The van der Waals surface area contributed by atoms with Gasteiger partial charge in [0.15, 0.2) is 5.75 Å². The number of anilines is 1. The summed E-state index contributed by atoms with van der Waals surface area (Å²) in [6.45, 7) is 0.411. The van der Waals surface area contributed by atoms with E-state index in [2.05, 4.69) is 15.9 Å². The van der Waals surface area contributed by atoms with E-state index in [0.29, 0.717) is 53.7 Å². The summed E-state index contributed by atoms with van der Waals surface area (Å²) in [5.41, 5.74) is 8.76. The maximum atomic E-state index is 14.9. The van der Waals surface area contributed by atoms with Crippen LogP contribution >= 0.6 is 15.9 Å². The van der Waals surface area contributed by atoms with E-state index in [1.807, 2.05) is 18.2 Å². The maximum Gasteiger partial charge on any atom is 0.306 e. The Kier molecular flexibility index (Phi) is 6.08. The predicted octanol–water partition coefficient (Wildman–Crippen LogP) is 6.07. The summed E-state index contributed by atoms with van der Waals surface area (Å²) in [6, 6.07) is 13.9. The Balaban J connectivity index is 1.37. The molecule has 0 aromatic heterocycles. The van der Waals surface area contributed by atoms with Crippen molar-refractivity contribution in [1.29, 1.82) is 0 Å². The van der Waals surface area contributed by atoms with E-state index in [9.17, 15) is 9.18 Å². The summed E-state index contributed by atoms with van der Waals surface area (Å²) >= 11 is 3.42. The minimum Gasteiger partial charge on any atom is -0.492 e. The lowest BCUT2D eigenvalue weighted by molar-refractivity contribution is -0.141. The van der Waals surface area contributed by atoms with E-state index < -0.39 is 6.10 Å². The van der Waals surface area contributed by atoms with Gasteiger partial charge in [-0.3, -0.25) is 4.79 Å². The van der Waals surface area contributed by atoms with Gasteiger partial charge in [-0.2, -0.15) is 0 Å². The number of nitrogens with two attached hydrogens (primary N) is 1. The van der Waals surface area contributed by atoms with Crippen LogP contribution in [0, 0.1) is 5.82 Å². The van der Waals surface area contributed by atoms with Gasteiger partial charge in [-0.25, -0.2) is 4.39 Å². The maximum absolute atomic E-state index is 14.9. The van der Waals surface area contributed by atoms with E-state index >= 15 is 0 Å². The summed E-state index contributed by atoms with van der Waals surface area (Å²) in [6.07, 6.45) is 1.03. The molecule has 3 aromatic rings. The second-order valence-electron chi connectivity index (χ2n) is 8.35. The number of ether oxygens (including phenoxy) is 4. The van der Waals surface area contributed by atoms with Crippen molar-refractivity contribution in [2.75, 3.05) is 19.5 Å². The molecule has 2 unspecified atom stereocenters. The van der Waals surface area contributed by atoms with Crippen LogP contribution in [0.2, 0.25) is 0 Å². The Labute approximate surface area is 204 Å². The zero-order chi connectivity index (χ0) is 23.8. The van der Waals surface area contributed by atoms with Gasteiger partial charge in [-0.05, 0) is 49.2 Å². The van der Waals surface area contributed by atoms with Crippen LogP contribution in [-0.4, -0.2) is 19.7 Å². The fourth-order valence-electron chi connectivity index (χ4n) is 4.52. The highest BCUT2D eigenvalue weighted by atomic mass is 79.9. The van der Waals surface area contributed by atoms with Crippen LogP contribution in [-0.2, 0) is 16.0 Å². The third-order valence-corrected chi connectivity index (χ3v) is 6.71. The lowest BCUT2D eigenvalue weighted by atomic mass is 9.98. The van der Waals surface area contributed by atoms with E-state index in [0.717, 1.165) is 15.6 Å². The highest BCUT2D eigenvalue weighted by Gasteiger charge is 2.32. The molecule has 8 heteroatoms. The number of benzene rings is 3. The lowest BCUT2D eigenvalue weighted by Crippen LogP contribution is -2.09. The molecule has 0 spiro atoms. The number of hydrogen-bond acceptors (Lipinski definition) is 6. The summed E-state index contributed by atoms with van der Waals surface area (Å²) in [7, 11) is 1.37. The van der Waals surface area contributed by atoms with Gasteiger partial charge in [0, 0.05) is 33.1 Å². The van der Waals surface area contributed by atoms with E-state index in [-0.39, 0.29) is 24.1 Å². The van der Waals surface area contributed by atoms with Crippen molar-refractivity contribution in [1.82, 2.24) is 0 Å². The van der Waals surface area contributed by atoms with Crippen molar-refractivity contribution in [3.63, 3.8) is 0 Å². The number of rotatable bonds is 6. The van der Waals surface area contributed by atoms with Crippen LogP contribution in [0.4, 0.5) is 10.1 Å². The third kappa shape index (κ3) is 4.30. The highest BCUT2D eigenvalue weighted by molar-refractivity contribution is 9.10. The Morgan fingerprint density at radius 2 is 2.03 bits per heavy atom. The van der Waals surface area contributed by atoms with Crippen molar-refractivity contribution in [3.8, 4) is 23.0 Å². The number of esters is 1. The number of carbonyl (C=O) groups excluding carboxylic acids is 1. The van der Waals surface area contributed by atoms with Gasteiger partial charge in [0.1, 0.15) is 29.2 Å². The standard InChI is InChI=1S/C26H23BrFNO5/c1-31-25(30)10-14-13-32-23-12-16(3-4-17(14)23)33-22-8-5-18-21(9-6-19(28)26(18)22)34-24-11-15(27)2-7-20(24)29/h2-4,6-7,9,11-12,14,22H,5,8,10,13,29H2,1H3. The Morgan fingerprint density at radius 1 is 1.18 bits per heavy atom. The zero-order valence-electron chi connectivity index (χ0n) is 18.5. The van der Waals surface area contributed by atoms with Crippen LogP contribution in [0.1, 0.15) is 41.6 Å². The molecular formula is C26H23BrFNO5. The molecule has 2 aliphatic rings. The molecule has 0 radical (unpaired) electrons. The summed E-state index contributed by atoms with van der Waals surface area (Å²) in [5, 5.41) is 0. The first-order valence-electron chi connectivity index (χ1n) is 11.0. The summed E-state index contributed by atoms with van der Waals surface area (Å²) in [4.78, 5) is 11.6. The second kappa shape index (κ2) is 9.18. The highest BCUT2D eigenvalue weighted by Crippen LogP contribution is 2.45. The first kappa shape index (κ1) is 22.5. The normalized spacial score (nSPS) is 18.1. The largest absolute Gasteiger partial charge is 0.492 e. The van der Waals surface area contributed by atoms with Gasteiger partial charge >= 0.3 is 5.97 Å². The number of nitrogen functional groups attached to an aromatic ring is 1. The molecule has 0 saturated carbocycles. The third-order valence-electron chi connectivity index (χ3n) is 6.22. The molecule has 3 aromatic carbocycles. The fraction of sp³-hybridized carbons (Fsp3) is 0.269. The van der Waals surface area contributed by atoms with Gasteiger partial charge in [-0.1, -0.05) is 22.0 Å². The average molecular weight is 528 g/mol. The zero-order valence-corrected chi connectivity index (χ0v) is 20.1. The van der Waals surface area contributed by atoms with E-state index in [1.54, 1.807) is 24.3 Å². The number of carbonyl (C=O) groups is 1. The first-order chi connectivity index (χ1) is 16.4. The molecule has 0 amide bonds. The SMILES string of the molecule is COC(=O)CC1COc2cc(OC3CCc4c(Oc5cc(Br)ccc5N)ccc(F)c43)ccc21. The monoisotopic (exact) mass is 527 g/mol. The molecule has 1 aliphatic carbocycles. The van der Waals surface area contributed by atoms with E-state index in [4.69, 9.17) is 24.7 Å². The van der Waals surface area contributed by atoms with E-state index in [1.165, 1.54) is 13.2 Å². The van der Waals surface area contributed by atoms with Crippen molar-refractivity contribution in [3.05, 3.63) is 75.5 Å². The molecule has 176 valence electrons. The smallest absolute Gasteiger partial charge is 0.306 e.